The molecular weight excluding hydrogens is 386 g/mol. The molecule has 2 rings (SSSR count). The molecule has 0 bridgehead atoms. The largest absolute Gasteiger partial charge is 0.340 e. The van der Waals surface area contributed by atoms with E-state index in [-0.39, 0.29) is 24.3 Å². The molecular formula is C18H24BrN3O3. The van der Waals surface area contributed by atoms with E-state index < -0.39 is 11.6 Å². The molecule has 136 valence electrons. The Bertz CT molecular complexity index is 692. The molecule has 1 unspecified atom stereocenters. The molecule has 0 spiro atoms. The van der Waals surface area contributed by atoms with Gasteiger partial charge in [-0.3, -0.25) is 14.5 Å². The Morgan fingerprint density at radius 2 is 1.96 bits per heavy atom. The Hall–Kier alpha value is -1.89. The van der Waals surface area contributed by atoms with Gasteiger partial charge in [0.05, 0.1) is 0 Å². The zero-order chi connectivity index (χ0) is 18.8. The lowest BCUT2D eigenvalue weighted by Crippen LogP contribution is -2.46. The van der Waals surface area contributed by atoms with Crippen LogP contribution in [0.15, 0.2) is 28.7 Å². The van der Waals surface area contributed by atoms with E-state index in [1.165, 1.54) is 4.90 Å². The molecule has 0 radical (unpaired) electrons. The van der Waals surface area contributed by atoms with Crippen LogP contribution < -0.4 is 5.32 Å². The molecule has 0 aliphatic carbocycles. The molecule has 1 saturated heterocycles. The molecule has 1 aromatic carbocycles. The number of urea groups is 1. The van der Waals surface area contributed by atoms with Gasteiger partial charge in [-0.05, 0) is 30.9 Å². The van der Waals surface area contributed by atoms with E-state index in [1.807, 2.05) is 38.1 Å². The standard InChI is InChI=1S/C18H24BrN3O3/c1-12(2)9-18(3)16(24)22(17(25)20-18)11-15(23)21(4)10-13-7-5-6-8-14(13)19/h5-8,12H,9-11H2,1-4H3,(H,20,25). The van der Waals surface area contributed by atoms with Gasteiger partial charge in [0.2, 0.25) is 5.91 Å². The van der Waals surface area contributed by atoms with Crippen LogP contribution in [0.3, 0.4) is 0 Å². The van der Waals surface area contributed by atoms with Gasteiger partial charge in [-0.2, -0.15) is 0 Å². The first kappa shape index (κ1) is 19.4. The molecule has 1 N–H and O–H groups in total. The number of benzene rings is 1. The van der Waals surface area contributed by atoms with Crippen LogP contribution in [0.5, 0.6) is 0 Å². The molecule has 1 heterocycles. The number of rotatable bonds is 6. The van der Waals surface area contributed by atoms with Gasteiger partial charge in [0.25, 0.3) is 5.91 Å². The van der Waals surface area contributed by atoms with Crippen LogP contribution in [0.2, 0.25) is 0 Å². The Kier molecular flexibility index (Phi) is 5.87. The van der Waals surface area contributed by atoms with Crippen molar-refractivity contribution in [3.63, 3.8) is 0 Å². The number of likely N-dealkylation sites (N-methyl/N-ethyl adjacent to an activating group) is 1. The van der Waals surface area contributed by atoms with Crippen molar-refractivity contribution in [1.82, 2.24) is 15.1 Å². The Morgan fingerprint density at radius 3 is 2.56 bits per heavy atom. The molecule has 1 aliphatic heterocycles. The average Bonchev–Trinajstić information content (AvgIpc) is 2.71. The monoisotopic (exact) mass is 409 g/mol. The lowest BCUT2D eigenvalue weighted by atomic mass is 9.91. The molecule has 1 aliphatic rings. The second-order valence-electron chi connectivity index (χ2n) is 7.09. The average molecular weight is 410 g/mol. The summed E-state index contributed by atoms with van der Waals surface area (Å²) < 4.78 is 0.911. The van der Waals surface area contributed by atoms with Crippen LogP contribution in [-0.2, 0) is 16.1 Å². The molecule has 4 amide bonds. The number of nitrogens with one attached hydrogen (secondary N) is 1. The summed E-state index contributed by atoms with van der Waals surface area (Å²) in [7, 11) is 1.66. The first-order valence-electron chi connectivity index (χ1n) is 8.25. The van der Waals surface area contributed by atoms with Crippen LogP contribution >= 0.6 is 15.9 Å². The molecule has 1 fully saturated rings. The van der Waals surface area contributed by atoms with Gasteiger partial charge < -0.3 is 10.2 Å². The van der Waals surface area contributed by atoms with E-state index >= 15 is 0 Å². The van der Waals surface area contributed by atoms with E-state index in [2.05, 4.69) is 21.2 Å². The van der Waals surface area contributed by atoms with Gasteiger partial charge in [-0.15, -0.1) is 0 Å². The number of nitrogens with zero attached hydrogens (tertiary/aromatic N) is 2. The fraction of sp³-hybridized carbons (Fsp3) is 0.500. The fourth-order valence-electron chi connectivity index (χ4n) is 3.07. The maximum atomic E-state index is 12.6. The van der Waals surface area contributed by atoms with Crippen LogP contribution in [0.1, 0.15) is 32.8 Å². The third-order valence-corrected chi connectivity index (χ3v) is 5.02. The first-order valence-corrected chi connectivity index (χ1v) is 9.05. The topological polar surface area (TPSA) is 69.7 Å². The van der Waals surface area contributed by atoms with Crippen molar-refractivity contribution in [2.24, 2.45) is 5.92 Å². The summed E-state index contributed by atoms with van der Waals surface area (Å²) >= 11 is 3.45. The number of imide groups is 1. The van der Waals surface area contributed by atoms with Gasteiger partial charge in [0.1, 0.15) is 12.1 Å². The van der Waals surface area contributed by atoms with Gasteiger partial charge in [0, 0.05) is 18.1 Å². The van der Waals surface area contributed by atoms with E-state index in [0.29, 0.717) is 13.0 Å². The third kappa shape index (κ3) is 4.39. The SMILES string of the molecule is CC(C)CC1(C)NC(=O)N(CC(=O)N(C)Cc2ccccc2Br)C1=O. The Morgan fingerprint density at radius 1 is 1.32 bits per heavy atom. The van der Waals surface area contributed by atoms with Gasteiger partial charge in [-0.25, -0.2) is 4.79 Å². The van der Waals surface area contributed by atoms with E-state index in [4.69, 9.17) is 0 Å². The molecule has 1 aromatic rings. The molecule has 0 saturated carbocycles. The highest BCUT2D eigenvalue weighted by Gasteiger charge is 2.48. The zero-order valence-electron chi connectivity index (χ0n) is 15.0. The van der Waals surface area contributed by atoms with Crippen LogP contribution in [0, 0.1) is 5.92 Å². The lowest BCUT2D eigenvalue weighted by Gasteiger charge is -2.24. The van der Waals surface area contributed by atoms with E-state index in [1.54, 1.807) is 14.0 Å². The van der Waals surface area contributed by atoms with Crippen molar-refractivity contribution in [1.29, 1.82) is 0 Å². The summed E-state index contributed by atoms with van der Waals surface area (Å²) in [6, 6.07) is 7.12. The van der Waals surface area contributed by atoms with E-state index in [9.17, 15) is 14.4 Å². The highest BCUT2D eigenvalue weighted by atomic mass is 79.9. The molecule has 1 atom stereocenters. The summed E-state index contributed by atoms with van der Waals surface area (Å²) in [6.07, 6.45) is 0.537. The van der Waals surface area contributed by atoms with Gasteiger partial charge in [0.15, 0.2) is 0 Å². The highest BCUT2D eigenvalue weighted by Crippen LogP contribution is 2.25. The van der Waals surface area contributed by atoms with Gasteiger partial charge >= 0.3 is 6.03 Å². The number of carbonyl (C=O) groups excluding carboxylic acids is 3. The number of halogens is 1. The minimum atomic E-state index is -0.938. The Labute approximate surface area is 156 Å². The third-order valence-electron chi connectivity index (χ3n) is 4.25. The zero-order valence-corrected chi connectivity index (χ0v) is 16.6. The van der Waals surface area contributed by atoms with Crippen molar-refractivity contribution in [3.05, 3.63) is 34.3 Å². The molecule has 7 heteroatoms. The number of carbonyl (C=O) groups is 3. The molecule has 0 aromatic heterocycles. The quantitative estimate of drug-likeness (QED) is 0.734. The van der Waals surface area contributed by atoms with Crippen molar-refractivity contribution in [2.45, 2.75) is 39.3 Å². The molecule has 25 heavy (non-hydrogen) atoms. The van der Waals surface area contributed by atoms with Crippen LogP contribution in [-0.4, -0.2) is 46.8 Å². The predicted octanol–water partition coefficient (Wildman–Crippen LogP) is 2.76. The van der Waals surface area contributed by atoms with Crippen LogP contribution in [0.4, 0.5) is 4.79 Å². The highest BCUT2D eigenvalue weighted by molar-refractivity contribution is 9.10. The van der Waals surface area contributed by atoms with Crippen LogP contribution in [0.25, 0.3) is 0 Å². The summed E-state index contributed by atoms with van der Waals surface area (Å²) in [5.74, 6) is -0.370. The fourth-order valence-corrected chi connectivity index (χ4v) is 3.48. The van der Waals surface area contributed by atoms with Crippen molar-refractivity contribution >= 4 is 33.8 Å². The second-order valence-corrected chi connectivity index (χ2v) is 7.95. The second kappa shape index (κ2) is 7.56. The maximum Gasteiger partial charge on any atom is 0.325 e. The minimum absolute atomic E-state index is 0.251. The summed E-state index contributed by atoms with van der Waals surface area (Å²) in [5, 5.41) is 2.72. The summed E-state index contributed by atoms with van der Waals surface area (Å²) in [4.78, 5) is 39.8. The van der Waals surface area contributed by atoms with Crippen molar-refractivity contribution < 1.29 is 14.4 Å². The number of hydrogen-bond acceptors (Lipinski definition) is 3. The summed E-state index contributed by atoms with van der Waals surface area (Å²) in [6.45, 7) is 5.84. The minimum Gasteiger partial charge on any atom is -0.340 e. The van der Waals surface area contributed by atoms with E-state index in [0.717, 1.165) is 14.9 Å². The van der Waals surface area contributed by atoms with Gasteiger partial charge in [-0.1, -0.05) is 48.0 Å². The Balaban J connectivity index is 2.03. The first-order chi connectivity index (χ1) is 11.6. The molecule has 6 nitrogen and oxygen atoms in total. The predicted molar refractivity (Wildman–Crippen MR) is 98.7 cm³/mol. The maximum absolute atomic E-state index is 12.6. The summed E-state index contributed by atoms with van der Waals surface area (Å²) in [5.41, 5.74) is 0.0206. The lowest BCUT2D eigenvalue weighted by molar-refractivity contribution is -0.138. The number of hydrogen-bond donors (Lipinski definition) is 1. The van der Waals surface area contributed by atoms with Crippen molar-refractivity contribution in [3.8, 4) is 0 Å². The van der Waals surface area contributed by atoms with Crippen molar-refractivity contribution in [2.75, 3.05) is 13.6 Å². The smallest absolute Gasteiger partial charge is 0.325 e. The normalized spacial score (nSPS) is 20.2. The number of amides is 4.